The Labute approximate surface area is 88.8 Å². The third-order valence-corrected chi connectivity index (χ3v) is 2.53. The molecule has 1 aliphatic rings. The van der Waals surface area contributed by atoms with E-state index < -0.39 is 0 Å². The molecule has 1 aromatic rings. The average molecular weight is 211 g/mol. The second kappa shape index (κ2) is 5.20. The lowest BCUT2D eigenvalue weighted by Gasteiger charge is -2.25. The lowest BCUT2D eigenvalue weighted by Crippen LogP contribution is -2.37. The number of aromatic nitrogens is 3. The highest BCUT2D eigenvalue weighted by atomic mass is 16.5. The molecule has 84 valence electrons. The molecule has 1 saturated heterocycles. The van der Waals surface area contributed by atoms with E-state index in [2.05, 4.69) is 20.1 Å². The van der Waals surface area contributed by atoms with E-state index in [1.807, 2.05) is 0 Å². The maximum atomic E-state index is 5.44. The Morgan fingerprint density at radius 3 is 2.87 bits per heavy atom. The van der Waals surface area contributed by atoms with Crippen LogP contribution in [0, 0.1) is 0 Å². The van der Waals surface area contributed by atoms with Gasteiger partial charge in [-0.2, -0.15) is 5.10 Å². The maximum Gasteiger partial charge on any atom is 0.152 e. The maximum absolute atomic E-state index is 5.44. The van der Waals surface area contributed by atoms with Crippen molar-refractivity contribution in [2.45, 2.75) is 13.0 Å². The highest BCUT2D eigenvalue weighted by Gasteiger charge is 2.11. The molecule has 0 spiro atoms. The zero-order valence-electron chi connectivity index (χ0n) is 8.78. The Hall–Kier alpha value is -0.980. The lowest BCUT2D eigenvalue weighted by atomic mass is 10.3. The summed E-state index contributed by atoms with van der Waals surface area (Å²) in [7, 11) is 0. The van der Waals surface area contributed by atoms with E-state index in [1.165, 1.54) is 0 Å². The topological polar surface area (TPSA) is 80.1 Å². The minimum Gasteiger partial charge on any atom is -0.379 e. The van der Waals surface area contributed by atoms with Gasteiger partial charge in [0.05, 0.1) is 19.8 Å². The van der Waals surface area contributed by atoms with Crippen LogP contribution in [0.15, 0.2) is 0 Å². The fraction of sp³-hybridized carbons (Fsp3) is 0.778. The van der Waals surface area contributed by atoms with Crippen LogP contribution in [0.5, 0.6) is 0 Å². The Morgan fingerprint density at radius 2 is 2.20 bits per heavy atom. The molecule has 1 aliphatic heterocycles. The number of ether oxygens (including phenoxy) is 1. The summed E-state index contributed by atoms with van der Waals surface area (Å²) in [5.74, 6) is 1.61. The van der Waals surface area contributed by atoms with E-state index >= 15 is 0 Å². The number of nitrogens with zero attached hydrogens (tertiary/aromatic N) is 3. The molecule has 0 saturated carbocycles. The summed E-state index contributed by atoms with van der Waals surface area (Å²) >= 11 is 0. The summed E-state index contributed by atoms with van der Waals surface area (Å²) in [6.07, 6.45) is 0.872. The van der Waals surface area contributed by atoms with Gasteiger partial charge in [-0.15, -0.1) is 0 Å². The van der Waals surface area contributed by atoms with Gasteiger partial charge in [-0.05, 0) is 0 Å². The van der Waals surface area contributed by atoms with Crippen molar-refractivity contribution in [3.8, 4) is 0 Å². The molecule has 1 aromatic heterocycles. The van der Waals surface area contributed by atoms with Crippen LogP contribution in [-0.4, -0.2) is 52.9 Å². The summed E-state index contributed by atoms with van der Waals surface area (Å²) in [4.78, 5) is 6.63. The van der Waals surface area contributed by atoms with Gasteiger partial charge in [0, 0.05) is 26.1 Å². The molecule has 1 fully saturated rings. The second-order valence-electron chi connectivity index (χ2n) is 3.61. The van der Waals surface area contributed by atoms with E-state index in [0.29, 0.717) is 6.54 Å². The highest BCUT2D eigenvalue weighted by Crippen LogP contribution is 1.99. The van der Waals surface area contributed by atoms with Gasteiger partial charge in [-0.1, -0.05) is 0 Å². The van der Waals surface area contributed by atoms with Gasteiger partial charge < -0.3 is 10.5 Å². The first-order valence-electron chi connectivity index (χ1n) is 5.29. The first-order chi connectivity index (χ1) is 7.38. The first-order valence-corrected chi connectivity index (χ1v) is 5.29. The Balaban J connectivity index is 1.76. The summed E-state index contributed by atoms with van der Waals surface area (Å²) in [6, 6.07) is 0. The van der Waals surface area contributed by atoms with Crippen LogP contribution in [0.3, 0.4) is 0 Å². The zero-order valence-corrected chi connectivity index (χ0v) is 8.78. The van der Waals surface area contributed by atoms with Crippen LogP contribution in [0.2, 0.25) is 0 Å². The first kappa shape index (κ1) is 10.5. The fourth-order valence-electron chi connectivity index (χ4n) is 1.62. The van der Waals surface area contributed by atoms with Crippen molar-refractivity contribution >= 4 is 0 Å². The Bertz CT molecular complexity index is 294. The monoisotopic (exact) mass is 211 g/mol. The molecule has 15 heavy (non-hydrogen) atoms. The SMILES string of the molecule is NCc1nc(CCN2CCOCC2)n[nH]1. The molecule has 3 N–H and O–H groups in total. The van der Waals surface area contributed by atoms with Gasteiger partial charge >= 0.3 is 0 Å². The second-order valence-corrected chi connectivity index (χ2v) is 3.61. The van der Waals surface area contributed by atoms with Gasteiger partial charge in [0.1, 0.15) is 5.82 Å². The Kier molecular flexibility index (Phi) is 3.65. The van der Waals surface area contributed by atoms with Gasteiger partial charge in [-0.25, -0.2) is 4.98 Å². The standard InChI is InChI=1S/C9H17N5O/c10-7-9-11-8(12-13-9)1-2-14-3-5-15-6-4-14/h1-7,10H2,(H,11,12,13). The number of nitrogens with one attached hydrogen (secondary N) is 1. The number of aromatic amines is 1. The summed E-state index contributed by atoms with van der Waals surface area (Å²) in [5.41, 5.74) is 5.44. The normalized spacial score (nSPS) is 18.2. The smallest absolute Gasteiger partial charge is 0.152 e. The minimum atomic E-state index is 0.421. The molecule has 0 unspecified atom stereocenters. The molecule has 0 aliphatic carbocycles. The quantitative estimate of drug-likeness (QED) is 0.677. The lowest BCUT2D eigenvalue weighted by molar-refractivity contribution is 0.0382. The number of H-pyrrole nitrogens is 1. The molecule has 6 nitrogen and oxygen atoms in total. The third-order valence-electron chi connectivity index (χ3n) is 2.53. The molecule has 0 amide bonds. The van der Waals surface area contributed by atoms with Gasteiger partial charge in [0.15, 0.2) is 5.82 Å². The van der Waals surface area contributed by atoms with Crippen LogP contribution in [0.25, 0.3) is 0 Å². The summed E-state index contributed by atoms with van der Waals surface area (Å²) in [5, 5.41) is 6.91. The minimum absolute atomic E-state index is 0.421. The number of morpholine rings is 1. The van der Waals surface area contributed by atoms with Gasteiger partial charge in [-0.3, -0.25) is 10.00 Å². The molecular formula is C9H17N5O. The summed E-state index contributed by atoms with van der Waals surface area (Å²) < 4.78 is 5.28. The van der Waals surface area contributed by atoms with E-state index in [4.69, 9.17) is 10.5 Å². The predicted molar refractivity (Wildman–Crippen MR) is 55.2 cm³/mol. The third kappa shape index (κ3) is 2.98. The fourth-order valence-corrected chi connectivity index (χ4v) is 1.62. The van der Waals surface area contributed by atoms with E-state index in [0.717, 1.165) is 50.9 Å². The van der Waals surface area contributed by atoms with Crippen molar-refractivity contribution in [1.82, 2.24) is 20.1 Å². The van der Waals surface area contributed by atoms with Crippen LogP contribution in [0.4, 0.5) is 0 Å². The highest BCUT2D eigenvalue weighted by molar-refractivity contribution is 4.90. The van der Waals surface area contributed by atoms with E-state index in [9.17, 15) is 0 Å². The van der Waals surface area contributed by atoms with Crippen LogP contribution in [0.1, 0.15) is 11.6 Å². The van der Waals surface area contributed by atoms with Crippen molar-refractivity contribution in [1.29, 1.82) is 0 Å². The van der Waals surface area contributed by atoms with E-state index in [-0.39, 0.29) is 0 Å². The molecule has 2 rings (SSSR count). The average Bonchev–Trinajstić information content (AvgIpc) is 2.76. The van der Waals surface area contributed by atoms with Crippen molar-refractivity contribution in [2.24, 2.45) is 5.73 Å². The molecule has 0 bridgehead atoms. The van der Waals surface area contributed by atoms with E-state index in [1.54, 1.807) is 0 Å². The largest absolute Gasteiger partial charge is 0.379 e. The van der Waals surface area contributed by atoms with Gasteiger partial charge in [0.2, 0.25) is 0 Å². The van der Waals surface area contributed by atoms with Crippen LogP contribution < -0.4 is 5.73 Å². The predicted octanol–water partition coefficient (Wildman–Crippen LogP) is -0.862. The molecule has 2 heterocycles. The van der Waals surface area contributed by atoms with Gasteiger partial charge in [0.25, 0.3) is 0 Å². The molecule has 0 atom stereocenters. The molecule has 6 heteroatoms. The number of hydrogen-bond acceptors (Lipinski definition) is 5. The number of nitrogens with two attached hydrogens (primary N) is 1. The van der Waals surface area contributed by atoms with Crippen LogP contribution in [-0.2, 0) is 17.7 Å². The van der Waals surface area contributed by atoms with Crippen molar-refractivity contribution in [3.05, 3.63) is 11.6 Å². The van der Waals surface area contributed by atoms with Crippen molar-refractivity contribution in [2.75, 3.05) is 32.8 Å². The van der Waals surface area contributed by atoms with Crippen molar-refractivity contribution < 1.29 is 4.74 Å². The van der Waals surface area contributed by atoms with Crippen LogP contribution >= 0.6 is 0 Å². The molecular weight excluding hydrogens is 194 g/mol. The summed E-state index contributed by atoms with van der Waals surface area (Å²) in [6.45, 7) is 5.10. The molecule has 0 radical (unpaired) electrons. The zero-order chi connectivity index (χ0) is 10.5. The number of hydrogen-bond donors (Lipinski definition) is 2. The molecule has 0 aromatic carbocycles. The number of rotatable bonds is 4. The van der Waals surface area contributed by atoms with Crippen molar-refractivity contribution in [3.63, 3.8) is 0 Å². The Morgan fingerprint density at radius 1 is 1.40 bits per heavy atom.